The number of aryl methyl sites for hydroxylation is 1. The Morgan fingerprint density at radius 3 is 2.95 bits per heavy atom. The van der Waals surface area contributed by atoms with Crippen LogP contribution in [0.2, 0.25) is 0 Å². The Morgan fingerprint density at radius 2 is 2.30 bits per heavy atom. The van der Waals surface area contributed by atoms with Crippen LogP contribution in [0, 0.1) is 12.8 Å². The van der Waals surface area contributed by atoms with Crippen LogP contribution < -0.4 is 15.8 Å². The van der Waals surface area contributed by atoms with Gasteiger partial charge in [0.1, 0.15) is 0 Å². The highest BCUT2D eigenvalue weighted by atomic mass is 16.5. The number of hydrogen-bond acceptors (Lipinski definition) is 5. The zero-order valence-electron chi connectivity index (χ0n) is 12.8. The molecule has 112 valence electrons. The van der Waals surface area contributed by atoms with Crippen molar-refractivity contribution in [3.8, 4) is 5.88 Å². The third-order valence-electron chi connectivity index (χ3n) is 3.98. The molecule has 1 heterocycles. The van der Waals surface area contributed by atoms with E-state index in [1.807, 2.05) is 19.9 Å². The third-order valence-corrected chi connectivity index (χ3v) is 3.98. The van der Waals surface area contributed by atoms with Gasteiger partial charge in [-0.3, -0.25) is 0 Å². The molecule has 0 radical (unpaired) electrons. The Morgan fingerprint density at radius 1 is 1.50 bits per heavy atom. The summed E-state index contributed by atoms with van der Waals surface area (Å²) in [5.74, 6) is 1.95. The lowest BCUT2D eigenvalue weighted by Gasteiger charge is -2.40. The highest BCUT2D eigenvalue weighted by Crippen LogP contribution is 2.34. The molecule has 1 aliphatic carbocycles. The van der Waals surface area contributed by atoms with Gasteiger partial charge in [-0.15, -0.1) is 0 Å². The van der Waals surface area contributed by atoms with E-state index in [0.717, 1.165) is 18.5 Å². The molecule has 1 fully saturated rings. The molecular weight excluding hydrogens is 252 g/mol. The van der Waals surface area contributed by atoms with E-state index < -0.39 is 0 Å². The highest BCUT2D eigenvalue weighted by Gasteiger charge is 2.34. The van der Waals surface area contributed by atoms with E-state index in [0.29, 0.717) is 30.9 Å². The zero-order chi connectivity index (χ0) is 14.6. The minimum atomic E-state index is -0.0745. The van der Waals surface area contributed by atoms with Crippen LogP contribution in [0.1, 0.15) is 45.2 Å². The van der Waals surface area contributed by atoms with Gasteiger partial charge in [0.25, 0.3) is 0 Å². The number of nitrogens with one attached hydrogen (secondary N) is 1. The number of nitrogens with zero attached hydrogens (tertiary/aromatic N) is 2. The number of rotatable bonds is 5. The maximum absolute atomic E-state index is 6.03. The molecule has 1 aromatic heterocycles. The van der Waals surface area contributed by atoms with Gasteiger partial charge in [-0.1, -0.05) is 19.8 Å². The van der Waals surface area contributed by atoms with Crippen molar-refractivity contribution in [3.63, 3.8) is 0 Å². The van der Waals surface area contributed by atoms with Gasteiger partial charge in [0.15, 0.2) is 0 Å². The van der Waals surface area contributed by atoms with E-state index >= 15 is 0 Å². The normalized spacial score (nSPS) is 26.3. The average molecular weight is 278 g/mol. The smallest absolute Gasteiger partial charge is 0.226 e. The van der Waals surface area contributed by atoms with Crippen LogP contribution in [0.3, 0.4) is 0 Å². The van der Waals surface area contributed by atoms with Crippen molar-refractivity contribution < 1.29 is 4.74 Å². The molecule has 20 heavy (non-hydrogen) atoms. The van der Waals surface area contributed by atoms with E-state index in [-0.39, 0.29) is 5.54 Å². The quantitative estimate of drug-likeness (QED) is 0.865. The van der Waals surface area contributed by atoms with E-state index in [2.05, 4.69) is 22.2 Å². The van der Waals surface area contributed by atoms with Crippen LogP contribution in [0.25, 0.3) is 0 Å². The Bertz CT molecular complexity index is 451. The fraction of sp³-hybridized carbons (Fsp3) is 0.733. The van der Waals surface area contributed by atoms with Crippen molar-refractivity contribution >= 4 is 5.95 Å². The molecule has 2 atom stereocenters. The van der Waals surface area contributed by atoms with Crippen molar-refractivity contribution in [1.82, 2.24) is 9.97 Å². The molecule has 0 aliphatic heterocycles. The van der Waals surface area contributed by atoms with Gasteiger partial charge < -0.3 is 15.8 Å². The first-order valence-electron chi connectivity index (χ1n) is 7.53. The number of ether oxygens (including phenoxy) is 1. The van der Waals surface area contributed by atoms with Gasteiger partial charge in [-0.05, 0) is 32.6 Å². The number of nitrogens with two attached hydrogens (primary N) is 1. The topological polar surface area (TPSA) is 73.1 Å². The first-order valence-corrected chi connectivity index (χ1v) is 7.53. The second kappa shape index (κ2) is 6.39. The van der Waals surface area contributed by atoms with Crippen molar-refractivity contribution in [3.05, 3.63) is 11.8 Å². The molecule has 3 N–H and O–H groups in total. The zero-order valence-corrected chi connectivity index (χ0v) is 12.8. The SMILES string of the molecule is CCOc1cc(C)nc(NC2(CN)CCCC(C)C2)n1. The van der Waals surface area contributed by atoms with Crippen LogP contribution in [-0.2, 0) is 0 Å². The van der Waals surface area contributed by atoms with Crippen LogP contribution in [0.5, 0.6) is 5.88 Å². The lowest BCUT2D eigenvalue weighted by atomic mass is 9.76. The van der Waals surface area contributed by atoms with Crippen LogP contribution in [0.4, 0.5) is 5.95 Å². The molecule has 0 saturated heterocycles. The summed E-state index contributed by atoms with van der Waals surface area (Å²) < 4.78 is 5.48. The fourth-order valence-corrected chi connectivity index (χ4v) is 3.06. The summed E-state index contributed by atoms with van der Waals surface area (Å²) in [6, 6.07) is 1.85. The van der Waals surface area contributed by atoms with Crippen molar-refractivity contribution in [2.45, 2.75) is 52.0 Å². The highest BCUT2D eigenvalue weighted by molar-refractivity contribution is 5.34. The van der Waals surface area contributed by atoms with Gasteiger partial charge in [0.2, 0.25) is 11.8 Å². The Labute approximate surface area is 121 Å². The molecule has 5 heteroatoms. The molecule has 0 aromatic carbocycles. The molecule has 0 bridgehead atoms. The molecule has 1 aliphatic rings. The molecule has 2 rings (SSSR count). The van der Waals surface area contributed by atoms with E-state index in [1.165, 1.54) is 12.8 Å². The summed E-state index contributed by atoms with van der Waals surface area (Å²) in [4.78, 5) is 8.91. The van der Waals surface area contributed by atoms with Crippen LogP contribution in [0.15, 0.2) is 6.07 Å². The minimum absolute atomic E-state index is 0.0745. The van der Waals surface area contributed by atoms with Crippen molar-refractivity contribution in [2.75, 3.05) is 18.5 Å². The standard InChI is InChI=1S/C15H26N4O/c1-4-20-13-8-12(3)17-14(18-13)19-15(10-16)7-5-6-11(2)9-15/h8,11H,4-7,9-10,16H2,1-3H3,(H,17,18,19). The van der Waals surface area contributed by atoms with Gasteiger partial charge in [-0.25, -0.2) is 4.98 Å². The molecular formula is C15H26N4O. The summed E-state index contributed by atoms with van der Waals surface area (Å²) in [7, 11) is 0. The Balaban J connectivity index is 2.18. The van der Waals surface area contributed by atoms with Gasteiger partial charge in [0.05, 0.1) is 12.1 Å². The van der Waals surface area contributed by atoms with Crippen LogP contribution in [-0.4, -0.2) is 28.7 Å². The van der Waals surface area contributed by atoms with E-state index in [1.54, 1.807) is 0 Å². The second-order valence-electron chi connectivity index (χ2n) is 5.92. The predicted molar refractivity (Wildman–Crippen MR) is 81.0 cm³/mol. The van der Waals surface area contributed by atoms with Crippen molar-refractivity contribution in [2.24, 2.45) is 11.7 Å². The van der Waals surface area contributed by atoms with E-state index in [4.69, 9.17) is 10.5 Å². The Hall–Kier alpha value is -1.36. The van der Waals surface area contributed by atoms with E-state index in [9.17, 15) is 0 Å². The van der Waals surface area contributed by atoms with Crippen LogP contribution >= 0.6 is 0 Å². The molecule has 0 spiro atoms. The lowest BCUT2D eigenvalue weighted by molar-refractivity contribution is 0.262. The third kappa shape index (κ3) is 3.60. The molecule has 1 aromatic rings. The largest absolute Gasteiger partial charge is 0.478 e. The first-order chi connectivity index (χ1) is 9.57. The lowest BCUT2D eigenvalue weighted by Crippen LogP contribution is -2.49. The second-order valence-corrected chi connectivity index (χ2v) is 5.92. The number of hydrogen-bond donors (Lipinski definition) is 2. The summed E-state index contributed by atoms with van der Waals surface area (Å²) >= 11 is 0. The summed E-state index contributed by atoms with van der Waals surface area (Å²) in [5.41, 5.74) is 6.86. The average Bonchev–Trinajstić information content (AvgIpc) is 2.38. The van der Waals surface area contributed by atoms with Gasteiger partial charge in [0, 0.05) is 18.3 Å². The number of aromatic nitrogens is 2. The van der Waals surface area contributed by atoms with Gasteiger partial charge >= 0.3 is 0 Å². The maximum atomic E-state index is 6.03. The fourth-order valence-electron chi connectivity index (χ4n) is 3.06. The summed E-state index contributed by atoms with van der Waals surface area (Å²) in [5, 5.41) is 3.49. The molecule has 1 saturated carbocycles. The monoisotopic (exact) mass is 278 g/mol. The molecule has 2 unspecified atom stereocenters. The predicted octanol–water partition coefficient (Wildman–Crippen LogP) is 2.50. The summed E-state index contributed by atoms with van der Waals surface area (Å²) in [6.45, 7) is 7.41. The minimum Gasteiger partial charge on any atom is -0.478 e. The van der Waals surface area contributed by atoms with Gasteiger partial charge in [-0.2, -0.15) is 4.98 Å². The number of anilines is 1. The molecule has 5 nitrogen and oxygen atoms in total. The first kappa shape index (κ1) is 15.0. The maximum Gasteiger partial charge on any atom is 0.226 e. The molecule has 0 amide bonds. The summed E-state index contributed by atoms with van der Waals surface area (Å²) in [6.07, 6.45) is 4.64. The van der Waals surface area contributed by atoms with Crippen molar-refractivity contribution in [1.29, 1.82) is 0 Å². The Kier molecular flexibility index (Phi) is 4.81.